The molecule has 2 rings (SSSR count). The molecule has 0 unspecified atom stereocenters. The van der Waals surface area contributed by atoms with Crippen LogP contribution in [0, 0.1) is 17.1 Å². The van der Waals surface area contributed by atoms with Crippen LogP contribution in [-0.4, -0.2) is 8.42 Å². The van der Waals surface area contributed by atoms with E-state index in [9.17, 15) is 18.1 Å². The number of hydrogen-bond donors (Lipinski definition) is 0. The van der Waals surface area contributed by atoms with Crippen LogP contribution < -0.4 is 0 Å². The van der Waals surface area contributed by atoms with Gasteiger partial charge in [0.2, 0.25) is 9.84 Å². The zero-order valence-corrected chi connectivity index (χ0v) is 15.1. The number of allylic oxidation sites excluding steroid dienone is 1. The van der Waals surface area contributed by atoms with Gasteiger partial charge in [-0.2, -0.15) is 5.26 Å². The lowest BCUT2D eigenvalue weighted by Crippen LogP contribution is -2.04. The Labute approximate surface area is 151 Å². The third-order valence-electron chi connectivity index (χ3n) is 2.83. The van der Waals surface area contributed by atoms with Crippen LogP contribution in [0.4, 0.5) is 4.39 Å². The van der Waals surface area contributed by atoms with E-state index in [1.54, 1.807) is 6.07 Å². The third-order valence-corrected chi connectivity index (χ3v) is 5.71. The van der Waals surface area contributed by atoms with E-state index in [-0.39, 0.29) is 20.5 Å². The van der Waals surface area contributed by atoms with Gasteiger partial charge in [-0.3, -0.25) is 0 Å². The molecular weight excluding hydrogens is 428 g/mol. The van der Waals surface area contributed by atoms with Crippen molar-refractivity contribution in [2.75, 3.05) is 0 Å². The molecule has 0 radical (unpaired) electrons. The van der Waals surface area contributed by atoms with E-state index in [2.05, 4.69) is 15.9 Å². The first kappa shape index (κ1) is 18.0. The van der Waals surface area contributed by atoms with Crippen molar-refractivity contribution in [2.24, 2.45) is 0 Å². The second kappa shape index (κ2) is 7.02. The second-order valence-electron chi connectivity index (χ2n) is 4.36. The van der Waals surface area contributed by atoms with Gasteiger partial charge in [0.1, 0.15) is 16.8 Å². The summed E-state index contributed by atoms with van der Waals surface area (Å²) in [5.74, 6) is -0.667. The Kier molecular flexibility index (Phi) is 5.48. The number of nitriles is 1. The van der Waals surface area contributed by atoms with E-state index >= 15 is 0 Å². The predicted molar refractivity (Wildman–Crippen MR) is 91.3 cm³/mol. The fourth-order valence-electron chi connectivity index (χ4n) is 1.73. The van der Waals surface area contributed by atoms with Crippen molar-refractivity contribution in [2.45, 2.75) is 4.90 Å². The van der Waals surface area contributed by atoms with Crippen molar-refractivity contribution >= 4 is 55.0 Å². The van der Waals surface area contributed by atoms with Gasteiger partial charge < -0.3 is 0 Å². The molecule has 0 bridgehead atoms. The van der Waals surface area contributed by atoms with Crippen LogP contribution in [0.25, 0.3) is 6.08 Å². The standard InChI is InChI=1S/C15H7BrCl2FNO2S/c16-10-2-1-9(14(19)6-10)5-12(8-20)23(21,22)15-7-11(17)3-4-13(15)18/h1-7H/b12-5+. The number of hydrogen-bond acceptors (Lipinski definition) is 3. The smallest absolute Gasteiger partial charge is 0.218 e. The van der Waals surface area contributed by atoms with Crippen molar-refractivity contribution in [1.82, 2.24) is 0 Å². The molecule has 0 aliphatic heterocycles. The third kappa shape index (κ3) is 3.93. The molecule has 2 aromatic rings. The van der Waals surface area contributed by atoms with E-state index in [0.29, 0.717) is 4.47 Å². The summed E-state index contributed by atoms with van der Waals surface area (Å²) < 4.78 is 39.5. The molecular formula is C15H7BrCl2FNO2S. The van der Waals surface area contributed by atoms with Crippen LogP contribution in [0.2, 0.25) is 10.0 Å². The van der Waals surface area contributed by atoms with Crippen LogP contribution in [0.15, 0.2) is 50.7 Å². The summed E-state index contributed by atoms with van der Waals surface area (Å²) in [7, 11) is -4.22. The average Bonchev–Trinajstić information content (AvgIpc) is 2.48. The van der Waals surface area contributed by atoms with Crippen LogP contribution in [0.3, 0.4) is 0 Å². The molecule has 0 spiro atoms. The highest BCUT2D eigenvalue weighted by atomic mass is 79.9. The van der Waals surface area contributed by atoms with Gasteiger partial charge in [0.25, 0.3) is 0 Å². The van der Waals surface area contributed by atoms with Gasteiger partial charge >= 0.3 is 0 Å². The van der Waals surface area contributed by atoms with E-state index in [1.165, 1.54) is 30.3 Å². The first-order valence-electron chi connectivity index (χ1n) is 6.02. The fourth-order valence-corrected chi connectivity index (χ4v) is 3.97. The molecule has 23 heavy (non-hydrogen) atoms. The lowest BCUT2D eigenvalue weighted by molar-refractivity contribution is 0.603. The summed E-state index contributed by atoms with van der Waals surface area (Å²) in [6, 6.07) is 9.50. The Morgan fingerprint density at radius 3 is 2.52 bits per heavy atom. The molecule has 0 aliphatic rings. The fraction of sp³-hybridized carbons (Fsp3) is 0. The number of benzene rings is 2. The monoisotopic (exact) mass is 433 g/mol. The van der Waals surface area contributed by atoms with Crippen molar-refractivity contribution in [3.63, 3.8) is 0 Å². The first-order chi connectivity index (χ1) is 10.8. The summed E-state index contributed by atoms with van der Waals surface area (Å²) in [6.07, 6.45) is 0.953. The average molecular weight is 435 g/mol. The summed E-state index contributed by atoms with van der Waals surface area (Å²) in [4.78, 5) is -0.945. The van der Waals surface area contributed by atoms with Crippen LogP contribution in [0.1, 0.15) is 5.56 Å². The molecule has 8 heteroatoms. The number of sulfone groups is 1. The number of nitrogens with zero attached hydrogens (tertiary/aromatic N) is 1. The molecule has 0 fully saturated rings. The van der Waals surface area contributed by atoms with Crippen molar-refractivity contribution in [1.29, 1.82) is 5.26 Å². The Hall–Kier alpha value is -1.39. The zero-order valence-electron chi connectivity index (χ0n) is 11.2. The van der Waals surface area contributed by atoms with E-state index in [1.807, 2.05) is 0 Å². The topological polar surface area (TPSA) is 57.9 Å². The van der Waals surface area contributed by atoms with Crippen molar-refractivity contribution < 1.29 is 12.8 Å². The molecule has 3 nitrogen and oxygen atoms in total. The molecule has 0 saturated heterocycles. The summed E-state index contributed by atoms with van der Waals surface area (Å²) in [5.41, 5.74) is -0.0357. The van der Waals surface area contributed by atoms with Gasteiger partial charge in [0, 0.05) is 15.1 Å². The van der Waals surface area contributed by atoms with Gasteiger partial charge in [0.15, 0.2) is 0 Å². The largest absolute Gasteiger partial charge is 0.218 e. The second-order valence-corrected chi connectivity index (χ2v) is 8.01. The minimum Gasteiger partial charge on any atom is -0.218 e. The van der Waals surface area contributed by atoms with E-state index < -0.39 is 20.6 Å². The minimum atomic E-state index is -4.22. The molecule has 0 heterocycles. The Bertz CT molecular complexity index is 952. The molecule has 0 saturated carbocycles. The van der Waals surface area contributed by atoms with E-state index in [0.717, 1.165) is 12.1 Å². The maximum atomic E-state index is 13.9. The molecule has 0 atom stereocenters. The lowest BCUT2D eigenvalue weighted by Gasteiger charge is -2.06. The summed E-state index contributed by atoms with van der Waals surface area (Å²) >= 11 is 14.8. The Balaban J connectivity index is 2.62. The number of halogens is 4. The highest BCUT2D eigenvalue weighted by molar-refractivity contribution is 9.10. The lowest BCUT2D eigenvalue weighted by atomic mass is 10.2. The van der Waals surface area contributed by atoms with Crippen LogP contribution >= 0.6 is 39.1 Å². The molecule has 0 aromatic heterocycles. The summed E-state index contributed by atoms with van der Waals surface area (Å²) in [6.45, 7) is 0. The van der Waals surface area contributed by atoms with Gasteiger partial charge in [0.05, 0.1) is 9.92 Å². The van der Waals surface area contributed by atoms with E-state index in [4.69, 9.17) is 23.2 Å². The van der Waals surface area contributed by atoms with Gasteiger partial charge in [-0.15, -0.1) is 0 Å². The van der Waals surface area contributed by atoms with Gasteiger partial charge in [-0.1, -0.05) is 45.2 Å². The molecule has 118 valence electrons. The Morgan fingerprint density at radius 2 is 1.91 bits per heavy atom. The highest BCUT2D eigenvalue weighted by Gasteiger charge is 2.24. The minimum absolute atomic E-state index is 0.0357. The SMILES string of the molecule is N#C/C(=C\c1ccc(Br)cc1F)S(=O)(=O)c1cc(Cl)ccc1Cl. The molecule has 0 amide bonds. The van der Waals surface area contributed by atoms with Crippen molar-refractivity contribution in [3.05, 3.63) is 67.2 Å². The zero-order chi connectivity index (χ0) is 17.2. The van der Waals surface area contributed by atoms with Crippen LogP contribution in [-0.2, 0) is 9.84 Å². The molecule has 0 N–H and O–H groups in total. The maximum absolute atomic E-state index is 13.9. The summed E-state index contributed by atoms with van der Waals surface area (Å²) in [5, 5.41) is 9.26. The Morgan fingerprint density at radius 1 is 1.22 bits per heavy atom. The maximum Gasteiger partial charge on any atom is 0.218 e. The first-order valence-corrected chi connectivity index (χ1v) is 9.06. The quantitative estimate of drug-likeness (QED) is 0.621. The normalized spacial score (nSPS) is 12.0. The number of rotatable bonds is 3. The molecule has 2 aromatic carbocycles. The van der Waals surface area contributed by atoms with Gasteiger partial charge in [-0.05, 0) is 36.4 Å². The highest BCUT2D eigenvalue weighted by Crippen LogP contribution is 2.30. The molecule has 0 aliphatic carbocycles. The van der Waals surface area contributed by atoms with Crippen LogP contribution in [0.5, 0.6) is 0 Å². The predicted octanol–water partition coefficient (Wildman–Crippen LogP) is 5.23. The van der Waals surface area contributed by atoms with Crippen molar-refractivity contribution in [3.8, 4) is 6.07 Å². The van der Waals surface area contributed by atoms with Gasteiger partial charge in [-0.25, -0.2) is 12.8 Å².